The molecule has 31 heavy (non-hydrogen) atoms. The summed E-state index contributed by atoms with van der Waals surface area (Å²) in [6.07, 6.45) is -1.62. The van der Waals surface area contributed by atoms with Gasteiger partial charge in [0, 0.05) is 19.6 Å². The summed E-state index contributed by atoms with van der Waals surface area (Å²) in [5, 5.41) is 0. The maximum absolute atomic E-state index is 13.3. The number of hydrogen-bond acceptors (Lipinski definition) is 4. The maximum Gasteiger partial charge on any atom is 0.416 e. The first-order valence-corrected chi connectivity index (χ1v) is 11.0. The van der Waals surface area contributed by atoms with Crippen molar-refractivity contribution in [1.82, 2.24) is 9.80 Å². The number of nitrogens with zero attached hydrogens (tertiary/aromatic N) is 2. The lowest BCUT2D eigenvalue weighted by atomic mass is 9.83. The van der Waals surface area contributed by atoms with Gasteiger partial charge in [0.1, 0.15) is 5.60 Å². The molecule has 3 rings (SSSR count). The molecule has 0 spiro atoms. The second-order valence-electron chi connectivity index (χ2n) is 9.44. The standard InChI is InChI=1S/C23H33F3N2O3/c1-21(2,3)31-20(29)28-13-9-22(10-14-28,30-16-15-27-11-4-5-12-27)18-7-6-8-19(17-18)23(24,25)26/h6-8,17H,4-5,9-16H2,1-3H3. The van der Waals surface area contributed by atoms with Gasteiger partial charge in [0.15, 0.2) is 0 Å². The lowest BCUT2D eigenvalue weighted by Crippen LogP contribution is -2.48. The summed E-state index contributed by atoms with van der Waals surface area (Å²) < 4.78 is 51.8. The lowest BCUT2D eigenvalue weighted by molar-refractivity contribution is -0.138. The molecule has 0 aromatic heterocycles. The Morgan fingerprint density at radius 3 is 2.29 bits per heavy atom. The third-order valence-electron chi connectivity index (χ3n) is 5.92. The van der Waals surface area contributed by atoms with Crippen molar-refractivity contribution in [3.63, 3.8) is 0 Å². The van der Waals surface area contributed by atoms with Crippen molar-refractivity contribution in [3.05, 3.63) is 35.4 Å². The van der Waals surface area contributed by atoms with Crippen molar-refractivity contribution >= 4 is 6.09 Å². The number of amides is 1. The Morgan fingerprint density at radius 1 is 1.06 bits per heavy atom. The smallest absolute Gasteiger partial charge is 0.416 e. The number of hydrogen-bond donors (Lipinski definition) is 0. The fraction of sp³-hybridized carbons (Fsp3) is 0.696. The van der Waals surface area contributed by atoms with E-state index in [-0.39, 0.29) is 0 Å². The molecule has 0 N–H and O–H groups in total. The molecule has 2 saturated heterocycles. The normalized spacial score (nSPS) is 20.1. The molecule has 174 valence electrons. The number of ether oxygens (including phenoxy) is 2. The molecule has 0 unspecified atom stereocenters. The average Bonchev–Trinajstić information content (AvgIpc) is 3.20. The molecule has 0 saturated carbocycles. The van der Waals surface area contributed by atoms with Crippen LogP contribution >= 0.6 is 0 Å². The molecule has 2 aliphatic heterocycles. The van der Waals surface area contributed by atoms with Crippen LogP contribution in [0.3, 0.4) is 0 Å². The van der Waals surface area contributed by atoms with E-state index in [0.717, 1.165) is 25.7 Å². The van der Waals surface area contributed by atoms with Crippen LogP contribution in [0.15, 0.2) is 24.3 Å². The number of likely N-dealkylation sites (tertiary alicyclic amines) is 2. The Morgan fingerprint density at radius 2 is 1.71 bits per heavy atom. The molecule has 0 radical (unpaired) electrons. The first kappa shape index (κ1) is 23.9. The Kier molecular flexibility index (Phi) is 7.21. The molecule has 1 amide bonds. The number of alkyl halides is 3. The zero-order valence-corrected chi connectivity index (χ0v) is 18.6. The number of carbonyl (C=O) groups is 1. The highest BCUT2D eigenvalue weighted by atomic mass is 19.4. The number of benzene rings is 1. The molecular formula is C23H33F3N2O3. The van der Waals surface area contributed by atoms with E-state index in [1.165, 1.54) is 25.0 Å². The summed E-state index contributed by atoms with van der Waals surface area (Å²) in [5.41, 5.74) is -1.60. The molecule has 2 heterocycles. The van der Waals surface area contributed by atoms with Crippen LogP contribution in [0.1, 0.15) is 57.6 Å². The van der Waals surface area contributed by atoms with E-state index in [0.29, 0.717) is 38.1 Å². The first-order chi connectivity index (χ1) is 14.5. The first-order valence-electron chi connectivity index (χ1n) is 11.0. The van der Waals surface area contributed by atoms with Crippen LogP contribution in [0.25, 0.3) is 0 Å². The van der Waals surface area contributed by atoms with Gasteiger partial charge in [0.2, 0.25) is 0 Å². The molecule has 0 atom stereocenters. The molecule has 5 nitrogen and oxygen atoms in total. The highest BCUT2D eigenvalue weighted by Gasteiger charge is 2.41. The molecule has 8 heteroatoms. The van der Waals surface area contributed by atoms with Crippen LogP contribution in [0.4, 0.5) is 18.0 Å². The van der Waals surface area contributed by atoms with Crippen molar-refractivity contribution in [2.24, 2.45) is 0 Å². The Balaban J connectivity index is 1.75. The average molecular weight is 443 g/mol. The van der Waals surface area contributed by atoms with E-state index in [9.17, 15) is 18.0 Å². The van der Waals surface area contributed by atoms with Gasteiger partial charge in [0.25, 0.3) is 0 Å². The van der Waals surface area contributed by atoms with Gasteiger partial charge in [-0.3, -0.25) is 0 Å². The number of piperidine rings is 1. The monoisotopic (exact) mass is 442 g/mol. The lowest BCUT2D eigenvalue weighted by Gasteiger charge is -2.42. The van der Waals surface area contributed by atoms with Gasteiger partial charge >= 0.3 is 12.3 Å². The largest absolute Gasteiger partial charge is 0.444 e. The van der Waals surface area contributed by atoms with E-state index in [4.69, 9.17) is 9.47 Å². The van der Waals surface area contributed by atoms with E-state index < -0.39 is 29.0 Å². The van der Waals surface area contributed by atoms with Crippen molar-refractivity contribution in [1.29, 1.82) is 0 Å². The predicted molar refractivity (Wildman–Crippen MR) is 112 cm³/mol. The number of halogens is 3. The maximum atomic E-state index is 13.3. The Bertz CT molecular complexity index is 747. The Hall–Kier alpha value is -1.80. The van der Waals surface area contributed by atoms with Crippen molar-refractivity contribution < 1.29 is 27.4 Å². The fourth-order valence-corrected chi connectivity index (χ4v) is 4.25. The minimum absolute atomic E-state index is 0.370. The van der Waals surface area contributed by atoms with Crippen molar-refractivity contribution in [2.75, 3.05) is 39.3 Å². The molecule has 2 fully saturated rings. The van der Waals surface area contributed by atoms with Gasteiger partial charge in [-0.15, -0.1) is 0 Å². The zero-order valence-electron chi connectivity index (χ0n) is 18.6. The minimum atomic E-state index is -4.41. The number of carbonyl (C=O) groups excluding carboxylic acids is 1. The van der Waals surface area contributed by atoms with E-state index in [1.807, 2.05) is 20.8 Å². The molecule has 2 aliphatic rings. The van der Waals surface area contributed by atoms with Gasteiger partial charge < -0.3 is 19.3 Å². The van der Waals surface area contributed by atoms with Crippen LogP contribution < -0.4 is 0 Å². The van der Waals surface area contributed by atoms with Gasteiger partial charge in [-0.25, -0.2) is 4.79 Å². The third-order valence-corrected chi connectivity index (χ3v) is 5.92. The van der Waals surface area contributed by atoms with Crippen LogP contribution in [0, 0.1) is 0 Å². The molecule has 0 aliphatic carbocycles. The summed E-state index contributed by atoms with van der Waals surface area (Å²) in [6.45, 7) is 9.44. The fourth-order valence-electron chi connectivity index (χ4n) is 4.25. The van der Waals surface area contributed by atoms with Crippen LogP contribution in [-0.4, -0.2) is 60.8 Å². The number of rotatable bonds is 5. The zero-order chi connectivity index (χ0) is 22.7. The summed E-state index contributed by atoms with van der Waals surface area (Å²) in [5.74, 6) is 0. The van der Waals surface area contributed by atoms with Crippen molar-refractivity contribution in [3.8, 4) is 0 Å². The van der Waals surface area contributed by atoms with E-state index in [1.54, 1.807) is 11.0 Å². The summed E-state index contributed by atoms with van der Waals surface area (Å²) in [6, 6.07) is 5.41. The summed E-state index contributed by atoms with van der Waals surface area (Å²) in [7, 11) is 0. The highest BCUT2D eigenvalue weighted by Crippen LogP contribution is 2.40. The second kappa shape index (κ2) is 9.36. The predicted octanol–water partition coefficient (Wildman–Crippen LogP) is 5.04. The van der Waals surface area contributed by atoms with Gasteiger partial charge in [-0.05, 0) is 77.2 Å². The van der Waals surface area contributed by atoms with Gasteiger partial charge in [0.05, 0.1) is 17.8 Å². The quantitative estimate of drug-likeness (QED) is 0.641. The molecule has 1 aromatic rings. The molecular weight excluding hydrogens is 409 g/mol. The summed E-state index contributed by atoms with van der Waals surface area (Å²) >= 11 is 0. The van der Waals surface area contributed by atoms with Gasteiger partial charge in [-0.2, -0.15) is 13.2 Å². The van der Waals surface area contributed by atoms with Gasteiger partial charge in [-0.1, -0.05) is 12.1 Å². The SMILES string of the molecule is CC(C)(C)OC(=O)N1CCC(OCCN2CCCC2)(c2cccc(C(F)(F)F)c2)CC1. The van der Waals surface area contributed by atoms with E-state index in [2.05, 4.69) is 4.90 Å². The topological polar surface area (TPSA) is 42.0 Å². The van der Waals surface area contributed by atoms with Crippen LogP contribution in [0.5, 0.6) is 0 Å². The van der Waals surface area contributed by atoms with Crippen LogP contribution in [0.2, 0.25) is 0 Å². The van der Waals surface area contributed by atoms with E-state index >= 15 is 0 Å². The Labute approximate surface area is 182 Å². The summed E-state index contributed by atoms with van der Waals surface area (Å²) in [4.78, 5) is 16.4. The highest BCUT2D eigenvalue weighted by molar-refractivity contribution is 5.68. The van der Waals surface area contributed by atoms with Crippen molar-refractivity contribution in [2.45, 2.75) is 63.8 Å². The second-order valence-corrected chi connectivity index (χ2v) is 9.44. The van der Waals surface area contributed by atoms with Crippen LogP contribution in [-0.2, 0) is 21.3 Å². The molecule has 0 bridgehead atoms. The third kappa shape index (κ3) is 6.35. The molecule has 1 aromatic carbocycles. The minimum Gasteiger partial charge on any atom is -0.444 e.